The highest BCUT2D eigenvalue weighted by Gasteiger charge is 2.58. The molecule has 1 fully saturated rings. The summed E-state index contributed by atoms with van der Waals surface area (Å²) in [6, 6.07) is 6.74. The first-order valence-corrected chi connectivity index (χ1v) is 6.36. The van der Waals surface area contributed by atoms with E-state index in [-0.39, 0.29) is 17.8 Å². The number of carbonyl (C=O) groups excluding carboxylic acids is 1. The molecule has 1 atom stereocenters. The second-order valence-electron chi connectivity index (χ2n) is 5.63. The SMILES string of the molecule is CC1(C)CC(=O)C2=Cc3ccccc3OC2(C(F)F)O1. The van der Waals surface area contributed by atoms with Crippen LogP contribution in [0.5, 0.6) is 5.75 Å². The molecule has 2 aliphatic rings. The molecule has 0 saturated carbocycles. The lowest BCUT2D eigenvalue weighted by atomic mass is 9.85. The monoisotopic (exact) mass is 280 g/mol. The van der Waals surface area contributed by atoms with Crippen LogP contribution in [0.3, 0.4) is 0 Å². The van der Waals surface area contributed by atoms with Gasteiger partial charge in [0.05, 0.1) is 11.2 Å². The number of halogens is 2. The van der Waals surface area contributed by atoms with E-state index in [9.17, 15) is 13.6 Å². The predicted molar refractivity (Wildman–Crippen MR) is 68.6 cm³/mol. The second kappa shape index (κ2) is 4.12. The van der Waals surface area contributed by atoms with Gasteiger partial charge < -0.3 is 9.47 Å². The Bertz CT molecular complexity index is 607. The van der Waals surface area contributed by atoms with E-state index >= 15 is 0 Å². The number of hydrogen-bond acceptors (Lipinski definition) is 3. The largest absolute Gasteiger partial charge is 0.451 e. The Morgan fingerprint density at radius 1 is 1.25 bits per heavy atom. The molecule has 0 spiro atoms. The second-order valence-corrected chi connectivity index (χ2v) is 5.63. The highest BCUT2D eigenvalue weighted by molar-refractivity contribution is 6.03. The molecule has 1 unspecified atom stereocenters. The van der Waals surface area contributed by atoms with E-state index in [0.29, 0.717) is 11.3 Å². The summed E-state index contributed by atoms with van der Waals surface area (Å²) in [7, 11) is 0. The Hall–Kier alpha value is -1.75. The van der Waals surface area contributed by atoms with Gasteiger partial charge in [-0.25, -0.2) is 8.78 Å². The van der Waals surface area contributed by atoms with Gasteiger partial charge in [0.15, 0.2) is 5.78 Å². The Morgan fingerprint density at radius 3 is 2.65 bits per heavy atom. The quantitative estimate of drug-likeness (QED) is 0.792. The van der Waals surface area contributed by atoms with Crippen LogP contribution < -0.4 is 4.74 Å². The average Bonchev–Trinajstić information content (AvgIpc) is 2.35. The minimum Gasteiger partial charge on any atom is -0.451 e. The number of para-hydroxylation sites is 1. The fourth-order valence-electron chi connectivity index (χ4n) is 2.65. The van der Waals surface area contributed by atoms with Crippen molar-refractivity contribution in [3.63, 3.8) is 0 Å². The van der Waals surface area contributed by atoms with Crippen LogP contribution in [0.1, 0.15) is 25.8 Å². The zero-order valence-electron chi connectivity index (χ0n) is 11.2. The summed E-state index contributed by atoms with van der Waals surface area (Å²) in [4.78, 5) is 12.2. The average molecular weight is 280 g/mol. The number of rotatable bonds is 1. The number of alkyl halides is 2. The molecule has 0 bridgehead atoms. The summed E-state index contributed by atoms with van der Waals surface area (Å²) in [5.74, 6) is -2.37. The molecule has 0 N–H and O–H groups in total. The molecule has 20 heavy (non-hydrogen) atoms. The van der Waals surface area contributed by atoms with Crippen LogP contribution in [0.15, 0.2) is 29.8 Å². The van der Waals surface area contributed by atoms with Crippen molar-refractivity contribution >= 4 is 11.9 Å². The molecular formula is C15H14F2O3. The van der Waals surface area contributed by atoms with Crippen molar-refractivity contribution in [3.8, 4) is 5.75 Å². The zero-order valence-corrected chi connectivity index (χ0v) is 11.2. The minimum atomic E-state index is -2.95. The molecule has 2 heterocycles. The third kappa shape index (κ3) is 1.85. The summed E-state index contributed by atoms with van der Waals surface area (Å²) >= 11 is 0. The van der Waals surface area contributed by atoms with Crippen LogP contribution in [0.2, 0.25) is 0 Å². The molecule has 0 amide bonds. The minimum absolute atomic E-state index is 0.0544. The van der Waals surface area contributed by atoms with Gasteiger partial charge in [-0.05, 0) is 26.0 Å². The normalized spacial score (nSPS) is 27.4. The Kier molecular flexibility index (Phi) is 2.73. The number of Topliss-reactive ketones (excluding diaryl/α,β-unsaturated/α-hetero) is 1. The first kappa shape index (κ1) is 13.2. The van der Waals surface area contributed by atoms with Gasteiger partial charge in [0.2, 0.25) is 0 Å². The number of carbonyl (C=O) groups is 1. The molecule has 0 aliphatic carbocycles. The molecule has 2 aliphatic heterocycles. The first-order chi connectivity index (χ1) is 9.34. The van der Waals surface area contributed by atoms with E-state index in [1.807, 2.05) is 0 Å². The Morgan fingerprint density at radius 2 is 1.95 bits per heavy atom. The summed E-state index contributed by atoms with van der Waals surface area (Å²) in [6.45, 7) is 3.21. The highest BCUT2D eigenvalue weighted by atomic mass is 19.3. The van der Waals surface area contributed by atoms with Gasteiger partial charge in [-0.15, -0.1) is 0 Å². The van der Waals surface area contributed by atoms with Crippen LogP contribution in [-0.4, -0.2) is 23.6 Å². The van der Waals surface area contributed by atoms with Gasteiger partial charge >= 0.3 is 12.2 Å². The molecule has 1 aromatic rings. The van der Waals surface area contributed by atoms with Crippen molar-refractivity contribution in [2.45, 2.75) is 38.1 Å². The number of ether oxygens (including phenoxy) is 2. The third-order valence-electron chi connectivity index (χ3n) is 3.46. The number of hydrogen-bond donors (Lipinski definition) is 0. The van der Waals surface area contributed by atoms with Crippen molar-refractivity contribution in [2.75, 3.05) is 0 Å². The lowest BCUT2D eigenvalue weighted by molar-refractivity contribution is -0.280. The summed E-state index contributed by atoms with van der Waals surface area (Å²) < 4.78 is 38.2. The maximum Gasteiger partial charge on any atom is 0.307 e. The molecule has 3 rings (SSSR count). The maximum absolute atomic E-state index is 13.6. The third-order valence-corrected chi connectivity index (χ3v) is 3.46. The highest BCUT2D eigenvalue weighted by Crippen LogP contribution is 2.46. The smallest absolute Gasteiger partial charge is 0.307 e. The van der Waals surface area contributed by atoms with Crippen molar-refractivity contribution in [2.24, 2.45) is 0 Å². The lowest BCUT2D eigenvalue weighted by Gasteiger charge is -2.46. The van der Waals surface area contributed by atoms with E-state index < -0.39 is 17.8 Å². The molecule has 1 saturated heterocycles. The number of fused-ring (bicyclic) bond motifs is 2. The van der Waals surface area contributed by atoms with Gasteiger partial charge in [0.25, 0.3) is 0 Å². The predicted octanol–water partition coefficient (Wildman–Crippen LogP) is 3.19. The van der Waals surface area contributed by atoms with Crippen LogP contribution in [0.4, 0.5) is 8.78 Å². The number of benzene rings is 1. The molecule has 1 aromatic carbocycles. The van der Waals surface area contributed by atoms with Gasteiger partial charge in [-0.2, -0.15) is 0 Å². The summed E-state index contributed by atoms with van der Waals surface area (Å²) in [6.07, 6.45) is -1.45. The standard InChI is InChI=1S/C15H14F2O3/c1-14(2)8-11(18)10-7-9-5-3-4-6-12(9)19-15(10,20-14)13(16)17/h3-7,13H,8H2,1-2H3. The molecule has 5 heteroatoms. The first-order valence-electron chi connectivity index (χ1n) is 6.36. The zero-order chi connectivity index (χ0) is 14.5. The number of ketones is 1. The van der Waals surface area contributed by atoms with E-state index in [0.717, 1.165) is 0 Å². The van der Waals surface area contributed by atoms with Gasteiger partial charge in [0, 0.05) is 12.0 Å². The molecule has 3 nitrogen and oxygen atoms in total. The Labute approximate surface area is 115 Å². The van der Waals surface area contributed by atoms with Crippen LogP contribution >= 0.6 is 0 Å². The van der Waals surface area contributed by atoms with Gasteiger partial charge in [0.1, 0.15) is 5.75 Å². The van der Waals surface area contributed by atoms with E-state index in [4.69, 9.17) is 9.47 Å². The summed E-state index contributed by atoms with van der Waals surface area (Å²) in [5, 5.41) is 0. The van der Waals surface area contributed by atoms with Crippen LogP contribution in [-0.2, 0) is 9.53 Å². The van der Waals surface area contributed by atoms with Crippen molar-refractivity contribution < 1.29 is 23.0 Å². The van der Waals surface area contributed by atoms with Gasteiger partial charge in [-0.1, -0.05) is 18.2 Å². The topological polar surface area (TPSA) is 35.5 Å². The van der Waals surface area contributed by atoms with Crippen molar-refractivity contribution in [3.05, 3.63) is 35.4 Å². The maximum atomic E-state index is 13.6. The fraction of sp³-hybridized carbons (Fsp3) is 0.400. The fourth-order valence-corrected chi connectivity index (χ4v) is 2.65. The summed E-state index contributed by atoms with van der Waals surface area (Å²) in [5.41, 5.74) is -0.488. The van der Waals surface area contributed by atoms with E-state index in [1.165, 1.54) is 6.08 Å². The van der Waals surface area contributed by atoms with Gasteiger partial charge in [-0.3, -0.25) is 4.79 Å². The van der Waals surface area contributed by atoms with E-state index in [2.05, 4.69) is 0 Å². The van der Waals surface area contributed by atoms with Crippen LogP contribution in [0, 0.1) is 0 Å². The molecule has 0 aromatic heterocycles. The molecule has 0 radical (unpaired) electrons. The van der Waals surface area contributed by atoms with Crippen LogP contribution in [0.25, 0.3) is 6.08 Å². The van der Waals surface area contributed by atoms with Crippen molar-refractivity contribution in [1.29, 1.82) is 0 Å². The molecule has 106 valence electrons. The van der Waals surface area contributed by atoms with Crippen molar-refractivity contribution in [1.82, 2.24) is 0 Å². The molecular weight excluding hydrogens is 266 g/mol. The Balaban J connectivity index is 2.18. The lowest BCUT2D eigenvalue weighted by Crippen LogP contribution is -2.59. The van der Waals surface area contributed by atoms with E-state index in [1.54, 1.807) is 38.1 Å².